The van der Waals surface area contributed by atoms with E-state index in [1.54, 1.807) is 0 Å². The molecule has 0 saturated carbocycles. The van der Waals surface area contributed by atoms with Gasteiger partial charge in [0.1, 0.15) is 6.10 Å². The van der Waals surface area contributed by atoms with Gasteiger partial charge in [-0.1, -0.05) is 0 Å². The zero-order valence-electron chi connectivity index (χ0n) is 8.51. The lowest BCUT2D eigenvalue weighted by Gasteiger charge is -2.31. The summed E-state index contributed by atoms with van der Waals surface area (Å²) < 4.78 is 42.9. The van der Waals surface area contributed by atoms with Crippen LogP contribution in [-0.4, -0.2) is 54.8 Å². The van der Waals surface area contributed by atoms with Crippen molar-refractivity contribution in [2.45, 2.75) is 18.5 Å². The largest absolute Gasteiger partial charge is 0.475 e. The summed E-state index contributed by atoms with van der Waals surface area (Å²) >= 11 is 0. The number of aliphatic hydroxyl groups excluding tert-OH is 1. The number of aliphatic carboxylic acids is 1. The van der Waals surface area contributed by atoms with E-state index < -0.39 is 40.6 Å². The highest BCUT2D eigenvalue weighted by Crippen LogP contribution is 2.22. The first-order valence-corrected chi connectivity index (χ1v) is 5.59. The van der Waals surface area contributed by atoms with Crippen LogP contribution in [0.3, 0.4) is 0 Å². The molecule has 9 nitrogen and oxygen atoms in total. The van der Waals surface area contributed by atoms with Crippen molar-refractivity contribution in [3.63, 3.8) is 0 Å². The fourth-order valence-electron chi connectivity index (χ4n) is 1.19. The van der Waals surface area contributed by atoms with Gasteiger partial charge in [-0.05, 0) is 6.08 Å². The first kappa shape index (κ1) is 13.9. The van der Waals surface area contributed by atoms with Crippen molar-refractivity contribution in [2.75, 3.05) is 7.11 Å². The summed E-state index contributed by atoms with van der Waals surface area (Å²) in [6, 6.07) is 0. The molecule has 0 aromatic heterocycles. The van der Waals surface area contributed by atoms with E-state index in [0.717, 1.165) is 13.2 Å². The molecule has 0 aromatic rings. The maximum atomic E-state index is 10.6. The average Bonchev–Trinajstić information content (AvgIpc) is 2.18. The van der Waals surface area contributed by atoms with Gasteiger partial charge in [0.05, 0.1) is 0 Å². The molecule has 1 aliphatic heterocycles. The second kappa shape index (κ2) is 4.98. The van der Waals surface area contributed by atoms with Gasteiger partial charge in [-0.15, -0.1) is 0 Å². The molecule has 98 valence electrons. The first-order valence-electron chi connectivity index (χ1n) is 4.23. The Hall–Kier alpha value is -1.20. The molecule has 10 heteroatoms. The Labute approximate surface area is 96.2 Å². The summed E-state index contributed by atoms with van der Waals surface area (Å²) in [4.78, 5) is 10.6. The molecule has 1 heterocycles. The normalized spacial score (nSPS) is 29.4. The number of carbonyl (C=O) groups is 1. The van der Waals surface area contributed by atoms with Crippen LogP contribution in [0, 0.1) is 0 Å². The Morgan fingerprint density at radius 1 is 1.53 bits per heavy atom. The number of ether oxygens (including phenoxy) is 2. The molecular weight excluding hydrogens is 260 g/mol. The molecule has 1 rings (SSSR count). The van der Waals surface area contributed by atoms with Gasteiger partial charge >= 0.3 is 16.4 Å². The Bertz CT molecular complexity index is 425. The third-order valence-corrected chi connectivity index (χ3v) is 2.31. The van der Waals surface area contributed by atoms with E-state index in [0.29, 0.717) is 0 Å². The van der Waals surface area contributed by atoms with Crippen LogP contribution in [0.2, 0.25) is 0 Å². The van der Waals surface area contributed by atoms with E-state index in [-0.39, 0.29) is 0 Å². The predicted molar refractivity (Wildman–Crippen MR) is 50.0 cm³/mol. The van der Waals surface area contributed by atoms with Crippen molar-refractivity contribution in [1.29, 1.82) is 0 Å². The first-order chi connectivity index (χ1) is 7.74. The SMILES string of the molecule is CO[C@@H]1OC(C(=O)O)=C[C@H](O)[C@H]1OS(=O)(=O)O. The lowest BCUT2D eigenvalue weighted by Crippen LogP contribution is -2.46. The van der Waals surface area contributed by atoms with Gasteiger partial charge in [-0.2, -0.15) is 8.42 Å². The van der Waals surface area contributed by atoms with Crippen LogP contribution in [0.5, 0.6) is 0 Å². The maximum absolute atomic E-state index is 10.6. The summed E-state index contributed by atoms with van der Waals surface area (Å²) in [5.41, 5.74) is 0. The second-order valence-electron chi connectivity index (χ2n) is 3.04. The lowest BCUT2D eigenvalue weighted by molar-refractivity contribution is -0.189. The highest BCUT2D eigenvalue weighted by atomic mass is 32.3. The molecular formula is C7H10O9S. The van der Waals surface area contributed by atoms with Crippen LogP contribution >= 0.6 is 0 Å². The van der Waals surface area contributed by atoms with Gasteiger partial charge in [0.15, 0.2) is 6.10 Å². The average molecular weight is 270 g/mol. The number of aliphatic hydroxyl groups is 1. The van der Waals surface area contributed by atoms with Gasteiger partial charge < -0.3 is 19.7 Å². The summed E-state index contributed by atoms with van der Waals surface area (Å²) in [6.45, 7) is 0. The van der Waals surface area contributed by atoms with E-state index in [1.165, 1.54) is 0 Å². The molecule has 0 radical (unpaired) electrons. The monoisotopic (exact) mass is 270 g/mol. The Kier molecular flexibility index (Phi) is 4.06. The van der Waals surface area contributed by atoms with Crippen LogP contribution in [0.15, 0.2) is 11.8 Å². The molecule has 0 spiro atoms. The smallest absolute Gasteiger partial charge is 0.397 e. The highest BCUT2D eigenvalue weighted by molar-refractivity contribution is 7.80. The van der Waals surface area contributed by atoms with Gasteiger partial charge in [0.25, 0.3) is 0 Å². The molecule has 3 atom stereocenters. The van der Waals surface area contributed by atoms with Gasteiger partial charge in [0, 0.05) is 7.11 Å². The zero-order valence-corrected chi connectivity index (χ0v) is 9.33. The number of hydrogen-bond donors (Lipinski definition) is 3. The maximum Gasteiger partial charge on any atom is 0.397 e. The standard InChI is InChI=1S/C7H10O9S/c1-14-7-5(16-17(11,12)13)3(8)2-4(15-7)6(9)10/h2-3,5,7-8H,1H3,(H,9,10)(H,11,12,13)/t3-,5+,7+/m0/s1. The number of carboxylic acid groups (broad SMARTS) is 1. The van der Waals surface area contributed by atoms with Crippen molar-refractivity contribution in [3.05, 3.63) is 11.8 Å². The topological polar surface area (TPSA) is 140 Å². The summed E-state index contributed by atoms with van der Waals surface area (Å²) in [7, 11) is -3.75. The highest BCUT2D eigenvalue weighted by Gasteiger charge is 2.39. The molecule has 3 N–H and O–H groups in total. The van der Waals surface area contributed by atoms with Crippen LogP contribution in [-0.2, 0) is 28.9 Å². The second-order valence-corrected chi connectivity index (χ2v) is 4.09. The molecule has 1 aliphatic rings. The molecule has 0 fully saturated rings. The van der Waals surface area contributed by atoms with Crippen molar-refractivity contribution < 1.29 is 41.6 Å². The molecule has 17 heavy (non-hydrogen) atoms. The van der Waals surface area contributed by atoms with Crippen LogP contribution in [0.25, 0.3) is 0 Å². The van der Waals surface area contributed by atoms with E-state index in [1.807, 2.05) is 0 Å². The van der Waals surface area contributed by atoms with E-state index in [9.17, 15) is 18.3 Å². The molecule has 0 bridgehead atoms. The zero-order chi connectivity index (χ0) is 13.2. The number of hydrogen-bond acceptors (Lipinski definition) is 7. The summed E-state index contributed by atoms with van der Waals surface area (Å²) in [5, 5.41) is 18.1. The van der Waals surface area contributed by atoms with E-state index >= 15 is 0 Å². The van der Waals surface area contributed by atoms with Crippen LogP contribution in [0.1, 0.15) is 0 Å². The quantitative estimate of drug-likeness (QED) is 0.521. The predicted octanol–water partition coefficient (Wildman–Crippen LogP) is -1.49. The summed E-state index contributed by atoms with van der Waals surface area (Å²) in [5.74, 6) is -2.07. The van der Waals surface area contributed by atoms with Crippen LogP contribution < -0.4 is 0 Å². The fraction of sp³-hybridized carbons (Fsp3) is 0.571. The molecule has 0 aliphatic carbocycles. The Morgan fingerprint density at radius 2 is 2.12 bits per heavy atom. The Morgan fingerprint density at radius 3 is 2.53 bits per heavy atom. The lowest BCUT2D eigenvalue weighted by atomic mass is 10.1. The Balaban J connectivity index is 2.95. The van der Waals surface area contributed by atoms with Crippen molar-refractivity contribution in [2.24, 2.45) is 0 Å². The molecule has 0 aromatic carbocycles. The van der Waals surface area contributed by atoms with Gasteiger partial charge in [0.2, 0.25) is 12.0 Å². The van der Waals surface area contributed by atoms with Crippen molar-refractivity contribution >= 4 is 16.4 Å². The molecule has 0 amide bonds. The number of rotatable bonds is 4. The fourth-order valence-corrected chi connectivity index (χ4v) is 1.67. The van der Waals surface area contributed by atoms with E-state index in [4.69, 9.17) is 14.4 Å². The molecule has 0 unspecified atom stereocenters. The third kappa shape index (κ3) is 3.64. The van der Waals surface area contributed by atoms with Gasteiger partial charge in [-0.25, -0.2) is 8.98 Å². The minimum absolute atomic E-state index is 0.612. The van der Waals surface area contributed by atoms with Crippen LogP contribution in [0.4, 0.5) is 0 Å². The summed E-state index contributed by atoms with van der Waals surface area (Å²) in [6.07, 6.45) is -3.98. The van der Waals surface area contributed by atoms with Crippen molar-refractivity contribution in [1.82, 2.24) is 0 Å². The van der Waals surface area contributed by atoms with Gasteiger partial charge in [-0.3, -0.25) is 4.55 Å². The number of methoxy groups -OCH3 is 1. The van der Waals surface area contributed by atoms with E-state index in [2.05, 4.69) is 8.92 Å². The third-order valence-electron chi connectivity index (χ3n) is 1.85. The molecule has 0 saturated heterocycles. The minimum Gasteiger partial charge on any atom is -0.475 e. The van der Waals surface area contributed by atoms with Crippen molar-refractivity contribution in [3.8, 4) is 0 Å². The minimum atomic E-state index is -4.83. The number of carboxylic acids is 1.